The van der Waals surface area contributed by atoms with E-state index in [0.717, 1.165) is 37.3 Å². The van der Waals surface area contributed by atoms with Gasteiger partial charge < -0.3 is 10.2 Å². The Morgan fingerprint density at radius 2 is 1.79 bits per heavy atom. The van der Waals surface area contributed by atoms with Gasteiger partial charge in [0.25, 0.3) is 0 Å². The van der Waals surface area contributed by atoms with Crippen LogP contribution in [0.4, 0.5) is 13.2 Å². The molecule has 0 fully saturated rings. The SMILES string of the molecule is CCN(C)CCNC(C)c1ccc(C(F)(F)F)cc1. The van der Waals surface area contributed by atoms with Crippen molar-refractivity contribution in [3.05, 3.63) is 35.4 Å². The van der Waals surface area contributed by atoms with E-state index in [1.54, 1.807) is 0 Å². The van der Waals surface area contributed by atoms with Crippen molar-refractivity contribution < 1.29 is 13.2 Å². The zero-order valence-electron chi connectivity index (χ0n) is 11.6. The molecule has 0 aliphatic carbocycles. The van der Waals surface area contributed by atoms with E-state index in [2.05, 4.69) is 17.1 Å². The fraction of sp³-hybridized carbons (Fsp3) is 0.571. The topological polar surface area (TPSA) is 15.3 Å². The molecule has 1 atom stereocenters. The molecule has 0 amide bonds. The second-order valence-electron chi connectivity index (χ2n) is 4.69. The molecule has 2 nitrogen and oxygen atoms in total. The predicted octanol–water partition coefficient (Wildman–Crippen LogP) is 3.31. The third-order valence-electron chi connectivity index (χ3n) is 3.22. The van der Waals surface area contributed by atoms with Crippen LogP contribution in [0.15, 0.2) is 24.3 Å². The smallest absolute Gasteiger partial charge is 0.309 e. The molecule has 0 aliphatic heterocycles. The number of hydrogen-bond acceptors (Lipinski definition) is 2. The number of nitrogens with one attached hydrogen (secondary N) is 1. The molecule has 5 heteroatoms. The van der Waals surface area contributed by atoms with Gasteiger partial charge in [0.1, 0.15) is 0 Å². The van der Waals surface area contributed by atoms with Crippen LogP contribution in [-0.2, 0) is 6.18 Å². The second kappa shape index (κ2) is 6.91. The highest BCUT2D eigenvalue weighted by Crippen LogP contribution is 2.29. The minimum atomic E-state index is -4.26. The number of rotatable bonds is 6. The molecule has 0 aliphatic rings. The summed E-state index contributed by atoms with van der Waals surface area (Å²) in [6.45, 7) is 6.75. The Labute approximate surface area is 112 Å². The Balaban J connectivity index is 2.51. The Morgan fingerprint density at radius 3 is 2.26 bits per heavy atom. The highest BCUT2D eigenvalue weighted by atomic mass is 19.4. The molecule has 1 aromatic rings. The minimum absolute atomic E-state index is 0.0486. The van der Waals surface area contributed by atoms with Gasteiger partial charge in [-0.2, -0.15) is 13.2 Å². The maximum Gasteiger partial charge on any atom is 0.416 e. The van der Waals surface area contributed by atoms with Gasteiger partial charge in [-0.25, -0.2) is 0 Å². The molecule has 1 aromatic carbocycles. The molecule has 0 heterocycles. The molecule has 1 unspecified atom stereocenters. The lowest BCUT2D eigenvalue weighted by Crippen LogP contribution is -2.30. The molecular weight excluding hydrogens is 253 g/mol. The van der Waals surface area contributed by atoms with E-state index >= 15 is 0 Å². The van der Waals surface area contributed by atoms with Crippen molar-refractivity contribution >= 4 is 0 Å². The van der Waals surface area contributed by atoms with Crippen molar-refractivity contribution in [1.82, 2.24) is 10.2 Å². The molecule has 1 rings (SSSR count). The van der Waals surface area contributed by atoms with E-state index in [0.29, 0.717) is 0 Å². The van der Waals surface area contributed by atoms with Crippen LogP contribution in [0.3, 0.4) is 0 Å². The van der Waals surface area contributed by atoms with Gasteiger partial charge >= 0.3 is 6.18 Å². The first-order chi connectivity index (χ1) is 8.84. The van der Waals surface area contributed by atoms with Crippen molar-refractivity contribution in [2.45, 2.75) is 26.1 Å². The number of hydrogen-bond donors (Lipinski definition) is 1. The van der Waals surface area contributed by atoms with Gasteiger partial charge in [0, 0.05) is 19.1 Å². The summed E-state index contributed by atoms with van der Waals surface area (Å²) in [5, 5.41) is 3.30. The van der Waals surface area contributed by atoms with Crippen molar-refractivity contribution in [3.63, 3.8) is 0 Å². The lowest BCUT2D eigenvalue weighted by atomic mass is 10.1. The summed E-state index contributed by atoms with van der Waals surface area (Å²) >= 11 is 0. The largest absolute Gasteiger partial charge is 0.416 e. The molecular formula is C14H21F3N2. The third-order valence-corrected chi connectivity index (χ3v) is 3.22. The van der Waals surface area contributed by atoms with Gasteiger partial charge in [-0.05, 0) is 38.2 Å². The van der Waals surface area contributed by atoms with Crippen LogP contribution in [0.1, 0.15) is 31.0 Å². The van der Waals surface area contributed by atoms with Crippen LogP contribution in [0.25, 0.3) is 0 Å². The first-order valence-corrected chi connectivity index (χ1v) is 6.43. The van der Waals surface area contributed by atoms with Crippen LogP contribution in [-0.4, -0.2) is 31.6 Å². The number of benzene rings is 1. The average molecular weight is 274 g/mol. The maximum atomic E-state index is 12.4. The molecule has 0 aromatic heterocycles. The van der Waals surface area contributed by atoms with Crippen LogP contribution < -0.4 is 5.32 Å². The summed E-state index contributed by atoms with van der Waals surface area (Å²) in [4.78, 5) is 2.17. The molecule has 108 valence electrons. The highest BCUT2D eigenvalue weighted by Gasteiger charge is 2.30. The van der Waals surface area contributed by atoms with Crippen LogP contribution in [0.2, 0.25) is 0 Å². The molecule has 1 N–H and O–H groups in total. The average Bonchev–Trinajstić information content (AvgIpc) is 2.37. The van der Waals surface area contributed by atoms with E-state index in [1.807, 2.05) is 14.0 Å². The van der Waals surface area contributed by atoms with Crippen molar-refractivity contribution in [1.29, 1.82) is 0 Å². The zero-order chi connectivity index (χ0) is 14.5. The van der Waals surface area contributed by atoms with Crippen molar-refractivity contribution in [2.75, 3.05) is 26.7 Å². The standard InChI is InChI=1S/C14H21F3N2/c1-4-19(3)10-9-18-11(2)12-5-7-13(8-6-12)14(15,16)17/h5-8,11,18H,4,9-10H2,1-3H3. The molecule has 0 radical (unpaired) electrons. The summed E-state index contributed by atoms with van der Waals surface area (Å²) < 4.78 is 37.3. The van der Waals surface area contributed by atoms with Crippen LogP contribution in [0, 0.1) is 0 Å². The summed E-state index contributed by atoms with van der Waals surface area (Å²) in [6, 6.07) is 5.37. The second-order valence-corrected chi connectivity index (χ2v) is 4.69. The van der Waals surface area contributed by atoms with Gasteiger partial charge in [0.15, 0.2) is 0 Å². The number of halogens is 3. The van der Waals surface area contributed by atoms with E-state index < -0.39 is 11.7 Å². The summed E-state index contributed by atoms with van der Waals surface area (Å²) in [7, 11) is 2.03. The van der Waals surface area contributed by atoms with E-state index in [9.17, 15) is 13.2 Å². The Morgan fingerprint density at radius 1 is 1.21 bits per heavy atom. The summed E-state index contributed by atoms with van der Waals surface area (Å²) in [5.41, 5.74) is 0.265. The summed E-state index contributed by atoms with van der Waals surface area (Å²) in [6.07, 6.45) is -4.26. The zero-order valence-corrected chi connectivity index (χ0v) is 11.6. The van der Waals surface area contributed by atoms with Crippen molar-refractivity contribution in [2.24, 2.45) is 0 Å². The molecule has 0 saturated heterocycles. The fourth-order valence-corrected chi connectivity index (χ4v) is 1.71. The predicted molar refractivity (Wildman–Crippen MR) is 71.0 cm³/mol. The summed E-state index contributed by atoms with van der Waals surface area (Å²) in [5.74, 6) is 0. The van der Waals surface area contributed by atoms with E-state index in [1.165, 1.54) is 12.1 Å². The molecule has 0 bridgehead atoms. The molecule has 0 saturated carbocycles. The monoisotopic (exact) mass is 274 g/mol. The van der Waals surface area contributed by atoms with E-state index in [4.69, 9.17) is 0 Å². The lowest BCUT2D eigenvalue weighted by Gasteiger charge is -2.18. The fourth-order valence-electron chi connectivity index (χ4n) is 1.71. The van der Waals surface area contributed by atoms with Crippen LogP contribution in [0.5, 0.6) is 0 Å². The van der Waals surface area contributed by atoms with Gasteiger partial charge in [0.05, 0.1) is 5.56 Å². The quantitative estimate of drug-likeness (QED) is 0.856. The van der Waals surface area contributed by atoms with Gasteiger partial charge in [0.2, 0.25) is 0 Å². The normalized spacial score (nSPS) is 13.8. The number of likely N-dealkylation sites (N-methyl/N-ethyl adjacent to an activating group) is 1. The number of nitrogens with zero attached hydrogens (tertiary/aromatic N) is 1. The Hall–Kier alpha value is -1.07. The van der Waals surface area contributed by atoms with Crippen LogP contribution >= 0.6 is 0 Å². The van der Waals surface area contributed by atoms with Gasteiger partial charge in [-0.1, -0.05) is 19.1 Å². The Kier molecular flexibility index (Phi) is 5.82. The van der Waals surface area contributed by atoms with Gasteiger partial charge in [-0.3, -0.25) is 0 Å². The first kappa shape index (κ1) is 16.0. The van der Waals surface area contributed by atoms with Gasteiger partial charge in [-0.15, -0.1) is 0 Å². The highest BCUT2D eigenvalue weighted by molar-refractivity contribution is 5.26. The Bertz CT molecular complexity index is 373. The third kappa shape index (κ3) is 5.20. The first-order valence-electron chi connectivity index (χ1n) is 6.43. The maximum absolute atomic E-state index is 12.4. The molecule has 0 spiro atoms. The van der Waals surface area contributed by atoms with Crippen molar-refractivity contribution in [3.8, 4) is 0 Å². The lowest BCUT2D eigenvalue weighted by molar-refractivity contribution is -0.137. The number of alkyl halides is 3. The van der Waals surface area contributed by atoms with E-state index in [-0.39, 0.29) is 6.04 Å². The minimum Gasteiger partial charge on any atom is -0.309 e. The molecule has 19 heavy (non-hydrogen) atoms.